The lowest BCUT2D eigenvalue weighted by Gasteiger charge is -2.39. The van der Waals surface area contributed by atoms with Gasteiger partial charge in [-0.25, -0.2) is 8.42 Å². The van der Waals surface area contributed by atoms with Gasteiger partial charge in [0.25, 0.3) is 0 Å². The minimum atomic E-state index is -4.47. The number of sulfonamides is 1. The maximum absolute atomic E-state index is 12.9. The summed E-state index contributed by atoms with van der Waals surface area (Å²) in [6.45, 7) is 6.82. The van der Waals surface area contributed by atoms with Crippen LogP contribution in [0.3, 0.4) is 0 Å². The van der Waals surface area contributed by atoms with Gasteiger partial charge in [-0.3, -0.25) is 0 Å². The number of hydrogen-bond acceptors (Lipinski definition) is 2. The SMILES string of the molecule is CC1(C)CC2CC(C)(CN2S(=O)(=O)c2ccc(C(F)(F)F)cc2)C1. The minimum Gasteiger partial charge on any atom is -0.207 e. The topological polar surface area (TPSA) is 37.4 Å². The number of nitrogens with zero attached hydrogens (tertiary/aromatic N) is 1. The third-order valence-electron chi connectivity index (χ3n) is 5.16. The van der Waals surface area contributed by atoms with Crippen molar-refractivity contribution in [3.8, 4) is 0 Å². The van der Waals surface area contributed by atoms with Gasteiger partial charge >= 0.3 is 6.18 Å². The van der Waals surface area contributed by atoms with Crippen molar-refractivity contribution < 1.29 is 21.6 Å². The Kier molecular flexibility index (Phi) is 3.85. The second-order valence-electron chi connectivity index (χ2n) is 8.29. The van der Waals surface area contributed by atoms with Crippen LogP contribution in [0.25, 0.3) is 0 Å². The molecule has 0 aromatic heterocycles. The summed E-state index contributed by atoms with van der Waals surface area (Å²) < 4.78 is 65.4. The highest BCUT2D eigenvalue weighted by molar-refractivity contribution is 7.89. The molecule has 7 heteroatoms. The fourth-order valence-electron chi connectivity index (χ4n) is 4.64. The van der Waals surface area contributed by atoms with Gasteiger partial charge in [0.2, 0.25) is 10.0 Å². The first kappa shape index (κ1) is 17.7. The molecule has 1 heterocycles. The standard InChI is InChI=1S/C17H22F3NO2S/c1-15(2)8-13-9-16(3,10-15)11-21(13)24(22,23)14-6-4-12(5-7-14)17(18,19)20/h4-7,13H,8-11H2,1-3H3. The van der Waals surface area contributed by atoms with Crippen molar-refractivity contribution in [2.75, 3.05) is 6.54 Å². The summed E-state index contributed by atoms with van der Waals surface area (Å²) in [5.41, 5.74) is -0.831. The van der Waals surface area contributed by atoms with E-state index >= 15 is 0 Å². The molecule has 0 N–H and O–H groups in total. The van der Waals surface area contributed by atoms with E-state index in [1.165, 1.54) is 4.31 Å². The number of hydrogen-bond donors (Lipinski definition) is 0. The van der Waals surface area contributed by atoms with Crippen LogP contribution < -0.4 is 0 Å². The first-order chi connectivity index (χ1) is 10.8. The Labute approximate surface area is 140 Å². The van der Waals surface area contributed by atoms with Crippen LogP contribution in [0.15, 0.2) is 29.2 Å². The summed E-state index contributed by atoms with van der Waals surface area (Å²) in [7, 11) is -3.78. The Morgan fingerprint density at radius 3 is 2.21 bits per heavy atom. The Hall–Kier alpha value is -1.08. The van der Waals surface area contributed by atoms with Crippen LogP contribution in [0.5, 0.6) is 0 Å². The van der Waals surface area contributed by atoms with Gasteiger partial charge < -0.3 is 0 Å². The highest BCUT2D eigenvalue weighted by Gasteiger charge is 2.53. The van der Waals surface area contributed by atoms with Crippen LogP contribution in [0.4, 0.5) is 13.2 Å². The molecule has 1 saturated carbocycles. The van der Waals surface area contributed by atoms with Crippen molar-refractivity contribution in [2.45, 2.75) is 57.1 Å². The molecule has 1 aliphatic carbocycles. The van der Waals surface area contributed by atoms with E-state index in [-0.39, 0.29) is 21.8 Å². The van der Waals surface area contributed by atoms with E-state index in [9.17, 15) is 21.6 Å². The summed E-state index contributed by atoms with van der Waals surface area (Å²) in [6.07, 6.45) is -1.92. The van der Waals surface area contributed by atoms with Gasteiger partial charge in [-0.15, -0.1) is 0 Å². The van der Waals surface area contributed by atoms with Gasteiger partial charge in [0.15, 0.2) is 0 Å². The first-order valence-electron chi connectivity index (χ1n) is 8.02. The number of benzene rings is 1. The van der Waals surface area contributed by atoms with Crippen LogP contribution in [0.2, 0.25) is 0 Å². The van der Waals surface area contributed by atoms with E-state index in [2.05, 4.69) is 20.8 Å². The van der Waals surface area contributed by atoms with E-state index < -0.39 is 21.8 Å². The molecule has 2 atom stereocenters. The lowest BCUT2D eigenvalue weighted by Crippen LogP contribution is -2.37. The molecule has 2 aliphatic rings. The zero-order valence-corrected chi connectivity index (χ0v) is 14.8. The molecule has 1 aromatic rings. The number of alkyl halides is 3. The maximum Gasteiger partial charge on any atom is 0.416 e. The zero-order valence-electron chi connectivity index (χ0n) is 14.0. The Morgan fingerprint density at radius 2 is 1.67 bits per heavy atom. The van der Waals surface area contributed by atoms with Crippen molar-refractivity contribution in [1.29, 1.82) is 0 Å². The third kappa shape index (κ3) is 3.08. The largest absolute Gasteiger partial charge is 0.416 e. The van der Waals surface area contributed by atoms with Crippen LogP contribution >= 0.6 is 0 Å². The van der Waals surface area contributed by atoms with E-state index in [1.54, 1.807) is 0 Å². The summed E-state index contributed by atoms with van der Waals surface area (Å²) in [6, 6.07) is 3.72. The van der Waals surface area contributed by atoms with Gasteiger partial charge in [-0.1, -0.05) is 20.8 Å². The quantitative estimate of drug-likeness (QED) is 0.788. The molecule has 2 fully saturated rings. The third-order valence-corrected chi connectivity index (χ3v) is 7.07. The average molecular weight is 361 g/mol. The molecule has 24 heavy (non-hydrogen) atoms. The smallest absolute Gasteiger partial charge is 0.207 e. The van der Waals surface area contributed by atoms with Crippen molar-refractivity contribution in [3.63, 3.8) is 0 Å². The molecule has 3 rings (SSSR count). The molecule has 1 aliphatic heterocycles. The van der Waals surface area contributed by atoms with E-state index in [0.29, 0.717) is 6.54 Å². The first-order valence-corrected chi connectivity index (χ1v) is 9.46. The fraction of sp³-hybridized carbons (Fsp3) is 0.647. The monoisotopic (exact) mass is 361 g/mol. The Balaban J connectivity index is 1.92. The number of rotatable bonds is 2. The second kappa shape index (κ2) is 5.21. The van der Waals surface area contributed by atoms with Gasteiger partial charge in [0, 0.05) is 12.6 Å². The summed E-state index contributed by atoms with van der Waals surface area (Å²) in [5, 5.41) is 0. The summed E-state index contributed by atoms with van der Waals surface area (Å²) in [4.78, 5) is -0.0653. The molecular weight excluding hydrogens is 339 g/mol. The molecular formula is C17H22F3NO2S. The second-order valence-corrected chi connectivity index (χ2v) is 10.2. The predicted molar refractivity (Wildman–Crippen MR) is 84.9 cm³/mol. The van der Waals surface area contributed by atoms with Gasteiger partial charge in [-0.05, 0) is 54.4 Å². The zero-order chi connectivity index (χ0) is 18.0. The van der Waals surface area contributed by atoms with Gasteiger partial charge in [0.1, 0.15) is 0 Å². The highest BCUT2D eigenvalue weighted by Crippen LogP contribution is 2.53. The molecule has 1 aromatic carbocycles. The van der Waals surface area contributed by atoms with Crippen molar-refractivity contribution in [3.05, 3.63) is 29.8 Å². The van der Waals surface area contributed by atoms with E-state index in [0.717, 1.165) is 43.5 Å². The predicted octanol–water partition coefficient (Wildman–Crippen LogP) is 4.29. The molecule has 134 valence electrons. The highest BCUT2D eigenvalue weighted by atomic mass is 32.2. The van der Waals surface area contributed by atoms with E-state index in [1.807, 2.05) is 0 Å². The van der Waals surface area contributed by atoms with Gasteiger partial charge in [-0.2, -0.15) is 17.5 Å². The lowest BCUT2D eigenvalue weighted by molar-refractivity contribution is -0.137. The molecule has 1 saturated heterocycles. The van der Waals surface area contributed by atoms with Crippen LogP contribution in [-0.2, 0) is 16.2 Å². The van der Waals surface area contributed by atoms with Crippen molar-refractivity contribution >= 4 is 10.0 Å². The summed E-state index contributed by atoms with van der Waals surface area (Å²) >= 11 is 0. The molecule has 2 bridgehead atoms. The normalized spacial score (nSPS) is 30.5. The lowest BCUT2D eigenvalue weighted by atomic mass is 9.65. The minimum absolute atomic E-state index is 0.0641. The Bertz CT molecular complexity index is 740. The maximum atomic E-state index is 12.9. The molecule has 0 radical (unpaired) electrons. The number of halogens is 3. The Morgan fingerprint density at radius 1 is 1.08 bits per heavy atom. The van der Waals surface area contributed by atoms with Crippen LogP contribution in [0.1, 0.15) is 45.6 Å². The summed E-state index contributed by atoms with van der Waals surface area (Å²) in [5.74, 6) is 0. The molecule has 2 unspecified atom stereocenters. The van der Waals surface area contributed by atoms with Crippen molar-refractivity contribution in [2.24, 2.45) is 10.8 Å². The average Bonchev–Trinajstić information content (AvgIpc) is 2.67. The van der Waals surface area contributed by atoms with E-state index in [4.69, 9.17) is 0 Å². The molecule has 3 nitrogen and oxygen atoms in total. The van der Waals surface area contributed by atoms with Crippen LogP contribution in [0, 0.1) is 10.8 Å². The molecule has 0 spiro atoms. The number of fused-ring (bicyclic) bond motifs is 2. The van der Waals surface area contributed by atoms with Crippen LogP contribution in [-0.4, -0.2) is 25.3 Å². The molecule has 0 amide bonds. The fourth-order valence-corrected chi connectivity index (χ4v) is 6.41. The van der Waals surface area contributed by atoms with Crippen molar-refractivity contribution in [1.82, 2.24) is 4.31 Å². The van der Waals surface area contributed by atoms with Gasteiger partial charge in [0.05, 0.1) is 10.5 Å².